The van der Waals surface area contributed by atoms with Crippen LogP contribution < -0.4 is 5.73 Å². The van der Waals surface area contributed by atoms with Gasteiger partial charge in [-0.15, -0.1) is 0 Å². The third-order valence-electron chi connectivity index (χ3n) is 3.45. The number of aromatic amines is 1. The lowest BCUT2D eigenvalue weighted by Gasteiger charge is -2.04. The van der Waals surface area contributed by atoms with E-state index in [0.29, 0.717) is 5.82 Å². The van der Waals surface area contributed by atoms with Crippen molar-refractivity contribution in [3.63, 3.8) is 0 Å². The van der Waals surface area contributed by atoms with Gasteiger partial charge in [0.15, 0.2) is 0 Å². The van der Waals surface area contributed by atoms with Crippen LogP contribution in [0.25, 0.3) is 33.5 Å². The van der Waals surface area contributed by atoms with E-state index in [0.717, 1.165) is 33.5 Å². The predicted octanol–water partition coefficient (Wildman–Crippen LogP) is 2.66. The summed E-state index contributed by atoms with van der Waals surface area (Å²) in [4.78, 5) is 20.3. The first-order chi connectivity index (χ1) is 10.8. The molecule has 0 atom stereocenters. The van der Waals surface area contributed by atoms with Crippen LogP contribution in [0.5, 0.6) is 0 Å². The highest BCUT2D eigenvalue weighted by Crippen LogP contribution is 2.36. The zero-order valence-electron chi connectivity index (χ0n) is 11.6. The van der Waals surface area contributed by atoms with E-state index in [1.54, 1.807) is 18.6 Å². The fourth-order valence-corrected chi connectivity index (χ4v) is 2.52. The molecule has 22 heavy (non-hydrogen) atoms. The number of fused-ring (bicyclic) bond motifs is 1. The molecule has 3 N–H and O–H groups in total. The fourth-order valence-electron chi connectivity index (χ4n) is 2.52. The first-order valence-corrected chi connectivity index (χ1v) is 6.78. The van der Waals surface area contributed by atoms with Crippen LogP contribution in [0.1, 0.15) is 0 Å². The van der Waals surface area contributed by atoms with Gasteiger partial charge in [0.05, 0.1) is 28.7 Å². The zero-order chi connectivity index (χ0) is 14.9. The molecule has 4 heterocycles. The summed E-state index contributed by atoms with van der Waals surface area (Å²) in [6, 6.07) is 9.52. The number of aromatic nitrogens is 5. The maximum Gasteiger partial charge on any atom is 0.123 e. The number of anilines is 1. The van der Waals surface area contributed by atoms with Crippen molar-refractivity contribution in [2.24, 2.45) is 0 Å². The van der Waals surface area contributed by atoms with Gasteiger partial charge in [-0.2, -0.15) is 0 Å². The highest BCUT2D eigenvalue weighted by atomic mass is 14.9. The summed E-state index contributed by atoms with van der Waals surface area (Å²) in [5.41, 5.74) is 11.1. The van der Waals surface area contributed by atoms with E-state index in [2.05, 4.69) is 24.9 Å². The number of pyridine rings is 2. The van der Waals surface area contributed by atoms with Gasteiger partial charge >= 0.3 is 0 Å². The van der Waals surface area contributed by atoms with Gasteiger partial charge in [-0.1, -0.05) is 6.07 Å². The molecule has 106 valence electrons. The van der Waals surface area contributed by atoms with Crippen LogP contribution in [0.4, 0.5) is 5.82 Å². The number of hydrogen-bond acceptors (Lipinski definition) is 5. The van der Waals surface area contributed by atoms with E-state index in [9.17, 15) is 0 Å². The van der Waals surface area contributed by atoms with Crippen LogP contribution in [-0.2, 0) is 0 Å². The Balaban J connectivity index is 2.06. The number of hydrogen-bond donors (Lipinski definition) is 2. The molecule has 4 rings (SSSR count). The van der Waals surface area contributed by atoms with Gasteiger partial charge in [0, 0.05) is 18.0 Å². The summed E-state index contributed by atoms with van der Waals surface area (Å²) in [6.07, 6.45) is 6.74. The Kier molecular flexibility index (Phi) is 2.79. The Labute approximate surface area is 126 Å². The van der Waals surface area contributed by atoms with Crippen molar-refractivity contribution in [2.45, 2.75) is 0 Å². The van der Waals surface area contributed by atoms with Crippen LogP contribution in [0.2, 0.25) is 0 Å². The third kappa shape index (κ3) is 1.98. The molecule has 0 amide bonds. The number of nitrogens with one attached hydrogen (secondary N) is 1. The lowest BCUT2D eigenvalue weighted by atomic mass is 10.1. The summed E-state index contributed by atoms with van der Waals surface area (Å²) in [5.74, 6) is 0.467. The van der Waals surface area contributed by atoms with Crippen LogP contribution in [0.15, 0.2) is 55.2 Å². The van der Waals surface area contributed by atoms with Crippen LogP contribution in [0.3, 0.4) is 0 Å². The van der Waals surface area contributed by atoms with E-state index in [-0.39, 0.29) is 0 Å². The number of rotatable bonds is 2. The number of H-pyrrole nitrogens is 1. The van der Waals surface area contributed by atoms with Crippen molar-refractivity contribution >= 4 is 16.9 Å². The van der Waals surface area contributed by atoms with Crippen LogP contribution in [-0.4, -0.2) is 24.9 Å². The van der Waals surface area contributed by atoms with Crippen molar-refractivity contribution in [3.05, 3.63) is 55.2 Å². The molecule has 0 aliphatic carbocycles. The molecule has 0 aliphatic heterocycles. The summed E-state index contributed by atoms with van der Waals surface area (Å²) in [6.45, 7) is 0. The minimum absolute atomic E-state index is 0.467. The van der Waals surface area contributed by atoms with Crippen LogP contribution in [0, 0.1) is 0 Å². The van der Waals surface area contributed by atoms with Gasteiger partial charge in [0.1, 0.15) is 17.7 Å². The van der Waals surface area contributed by atoms with E-state index in [1.807, 2.05) is 30.3 Å². The normalized spacial score (nSPS) is 10.9. The first kappa shape index (κ1) is 12.5. The van der Waals surface area contributed by atoms with Crippen molar-refractivity contribution in [1.29, 1.82) is 0 Å². The van der Waals surface area contributed by atoms with Crippen molar-refractivity contribution in [2.75, 3.05) is 5.73 Å². The highest BCUT2D eigenvalue weighted by Gasteiger charge is 2.17. The van der Waals surface area contributed by atoms with Gasteiger partial charge in [-0.05, 0) is 24.3 Å². The minimum atomic E-state index is 0.467. The molecule has 0 saturated heterocycles. The van der Waals surface area contributed by atoms with Gasteiger partial charge in [-0.3, -0.25) is 4.98 Å². The second kappa shape index (κ2) is 4.92. The summed E-state index contributed by atoms with van der Waals surface area (Å²) in [7, 11) is 0. The molecule has 0 unspecified atom stereocenters. The minimum Gasteiger partial charge on any atom is -0.384 e. The van der Waals surface area contributed by atoms with Gasteiger partial charge in [-0.25, -0.2) is 15.0 Å². The Hall–Kier alpha value is -3.28. The molecular formula is C16H12N6. The molecule has 0 saturated carbocycles. The summed E-state index contributed by atoms with van der Waals surface area (Å²) >= 11 is 0. The lowest BCUT2D eigenvalue weighted by molar-refractivity contribution is 1.22. The maximum atomic E-state index is 5.81. The molecule has 4 aromatic rings. The molecule has 4 aromatic heterocycles. The number of nitrogens with zero attached hydrogens (tertiary/aromatic N) is 4. The van der Waals surface area contributed by atoms with E-state index in [1.165, 1.54) is 6.33 Å². The Bertz CT molecular complexity index is 945. The van der Waals surface area contributed by atoms with Crippen LogP contribution >= 0.6 is 0 Å². The largest absolute Gasteiger partial charge is 0.384 e. The molecule has 6 heteroatoms. The third-order valence-corrected chi connectivity index (χ3v) is 3.45. The van der Waals surface area contributed by atoms with E-state index < -0.39 is 0 Å². The average Bonchev–Trinajstić information content (AvgIpc) is 2.95. The summed E-state index contributed by atoms with van der Waals surface area (Å²) in [5, 5.41) is 0. The molecule has 0 aromatic carbocycles. The Morgan fingerprint density at radius 2 is 1.95 bits per heavy atom. The molecule has 0 spiro atoms. The predicted molar refractivity (Wildman–Crippen MR) is 84.8 cm³/mol. The van der Waals surface area contributed by atoms with Gasteiger partial charge in [0.2, 0.25) is 0 Å². The standard InChI is InChI=1S/C16H12N6/c17-13-7-10(4-6-20-13)15-14(11-3-1-2-5-19-11)16-12(22-15)8-18-9-21-16/h1-9,22H,(H2,17,20). The Morgan fingerprint density at radius 1 is 1.00 bits per heavy atom. The molecule has 0 radical (unpaired) electrons. The lowest BCUT2D eigenvalue weighted by Crippen LogP contribution is -1.91. The highest BCUT2D eigenvalue weighted by molar-refractivity contribution is 6.00. The Morgan fingerprint density at radius 3 is 2.77 bits per heavy atom. The molecule has 0 fully saturated rings. The van der Waals surface area contributed by atoms with Crippen molar-refractivity contribution in [3.8, 4) is 22.5 Å². The smallest absolute Gasteiger partial charge is 0.123 e. The van der Waals surface area contributed by atoms with E-state index >= 15 is 0 Å². The van der Waals surface area contributed by atoms with Crippen molar-refractivity contribution in [1.82, 2.24) is 24.9 Å². The summed E-state index contributed by atoms with van der Waals surface area (Å²) < 4.78 is 0. The number of nitrogen functional groups attached to an aromatic ring is 1. The quantitative estimate of drug-likeness (QED) is 0.591. The van der Waals surface area contributed by atoms with Gasteiger partial charge < -0.3 is 10.7 Å². The topological polar surface area (TPSA) is 93.4 Å². The second-order valence-corrected chi connectivity index (χ2v) is 4.84. The molecule has 0 bridgehead atoms. The molecular weight excluding hydrogens is 276 g/mol. The molecule has 6 nitrogen and oxygen atoms in total. The fraction of sp³-hybridized carbons (Fsp3) is 0. The first-order valence-electron chi connectivity index (χ1n) is 6.78. The van der Waals surface area contributed by atoms with Gasteiger partial charge in [0.25, 0.3) is 0 Å². The van der Waals surface area contributed by atoms with Crippen molar-refractivity contribution < 1.29 is 0 Å². The monoisotopic (exact) mass is 288 g/mol. The maximum absolute atomic E-state index is 5.81. The second-order valence-electron chi connectivity index (χ2n) is 4.84. The zero-order valence-corrected chi connectivity index (χ0v) is 11.6. The molecule has 0 aliphatic rings. The number of nitrogens with two attached hydrogens (primary N) is 1. The van der Waals surface area contributed by atoms with E-state index in [4.69, 9.17) is 5.73 Å². The SMILES string of the molecule is Nc1cc(-c2[nH]c3cncnc3c2-c2ccccn2)ccn1. The average molecular weight is 288 g/mol.